The van der Waals surface area contributed by atoms with Crippen molar-refractivity contribution < 1.29 is 14.4 Å². The highest BCUT2D eigenvalue weighted by Gasteiger charge is 2.64. The lowest BCUT2D eigenvalue weighted by Gasteiger charge is -2.35. The van der Waals surface area contributed by atoms with E-state index in [1.165, 1.54) is 17.4 Å². The Bertz CT molecular complexity index is 1350. The molecular formula is C25H16Cl2N2O3S. The lowest BCUT2D eigenvalue weighted by Crippen LogP contribution is -2.44. The largest absolute Gasteiger partial charge is 0.358 e. The summed E-state index contributed by atoms with van der Waals surface area (Å²) in [6.45, 7) is 0. The molecule has 0 radical (unpaired) electrons. The number of thiophene rings is 1. The fourth-order valence-corrected chi connectivity index (χ4v) is 6.51. The molecule has 1 aromatic heterocycles. The van der Waals surface area contributed by atoms with E-state index < -0.39 is 29.8 Å². The number of imide groups is 1. The molecule has 0 N–H and O–H groups in total. The maximum atomic E-state index is 13.8. The molecule has 3 aromatic rings. The maximum Gasteiger partial charge on any atom is 0.240 e. The number of rotatable bonds is 3. The van der Waals surface area contributed by atoms with Gasteiger partial charge in [0.05, 0.1) is 33.5 Å². The van der Waals surface area contributed by atoms with E-state index in [9.17, 15) is 14.4 Å². The molecule has 5 nitrogen and oxygen atoms in total. The van der Waals surface area contributed by atoms with Gasteiger partial charge in [0.25, 0.3) is 0 Å². The van der Waals surface area contributed by atoms with E-state index >= 15 is 0 Å². The van der Waals surface area contributed by atoms with Gasteiger partial charge in [-0.05, 0) is 46.8 Å². The first-order chi connectivity index (χ1) is 16.0. The third kappa shape index (κ3) is 2.94. The highest BCUT2D eigenvalue weighted by atomic mass is 35.5. The molecule has 2 amide bonds. The van der Waals surface area contributed by atoms with Gasteiger partial charge in [0.2, 0.25) is 11.8 Å². The van der Waals surface area contributed by atoms with E-state index in [0.29, 0.717) is 15.6 Å². The topological polar surface area (TPSA) is 57.7 Å². The zero-order valence-corrected chi connectivity index (χ0v) is 19.3. The summed E-state index contributed by atoms with van der Waals surface area (Å²) in [6.07, 6.45) is 3.78. The van der Waals surface area contributed by atoms with Crippen molar-refractivity contribution in [3.63, 3.8) is 0 Å². The predicted molar refractivity (Wildman–Crippen MR) is 128 cm³/mol. The van der Waals surface area contributed by atoms with Crippen LogP contribution in [0.5, 0.6) is 0 Å². The Kier molecular flexibility index (Phi) is 4.73. The number of carbonyl (C=O) groups is 3. The van der Waals surface area contributed by atoms with E-state index in [1.807, 2.05) is 52.9 Å². The summed E-state index contributed by atoms with van der Waals surface area (Å²) < 4.78 is 0. The first-order valence-electron chi connectivity index (χ1n) is 10.4. The van der Waals surface area contributed by atoms with Gasteiger partial charge in [-0.3, -0.25) is 14.4 Å². The number of halogens is 2. The zero-order chi connectivity index (χ0) is 22.9. The van der Waals surface area contributed by atoms with Crippen molar-refractivity contribution in [2.75, 3.05) is 4.90 Å². The quantitative estimate of drug-likeness (QED) is 0.358. The molecule has 0 aliphatic carbocycles. The summed E-state index contributed by atoms with van der Waals surface area (Å²) >= 11 is 13.7. The van der Waals surface area contributed by atoms with Crippen LogP contribution in [-0.2, 0) is 9.59 Å². The minimum absolute atomic E-state index is 0.156. The summed E-state index contributed by atoms with van der Waals surface area (Å²) in [5, 5.41) is 2.46. The summed E-state index contributed by atoms with van der Waals surface area (Å²) in [5.74, 6) is -2.44. The summed E-state index contributed by atoms with van der Waals surface area (Å²) in [5.41, 5.74) is 2.20. The normalized spacial score (nSPS) is 25.3. The molecule has 2 aromatic carbocycles. The van der Waals surface area contributed by atoms with Gasteiger partial charge >= 0.3 is 0 Å². The van der Waals surface area contributed by atoms with Crippen molar-refractivity contribution in [1.29, 1.82) is 0 Å². The molecule has 164 valence electrons. The van der Waals surface area contributed by atoms with Crippen molar-refractivity contribution in [3.05, 3.63) is 92.2 Å². The van der Waals surface area contributed by atoms with Gasteiger partial charge in [-0.2, -0.15) is 0 Å². The summed E-state index contributed by atoms with van der Waals surface area (Å²) in [6, 6.07) is 14.8. The Labute approximate surface area is 203 Å². The molecule has 3 aliphatic heterocycles. The molecule has 33 heavy (non-hydrogen) atoms. The van der Waals surface area contributed by atoms with Gasteiger partial charge in [-0.25, -0.2) is 4.90 Å². The van der Waals surface area contributed by atoms with E-state index in [-0.39, 0.29) is 16.7 Å². The second-order valence-corrected chi connectivity index (χ2v) is 10.1. The number of anilines is 1. The van der Waals surface area contributed by atoms with Gasteiger partial charge in [0.15, 0.2) is 5.78 Å². The monoisotopic (exact) mass is 494 g/mol. The number of fused-ring (bicyclic) bond motifs is 5. The van der Waals surface area contributed by atoms with Crippen LogP contribution in [0.2, 0.25) is 10.0 Å². The Morgan fingerprint density at radius 3 is 2.48 bits per heavy atom. The molecule has 2 saturated heterocycles. The molecule has 0 unspecified atom stereocenters. The van der Waals surface area contributed by atoms with Gasteiger partial charge in [-0.15, -0.1) is 11.3 Å². The van der Waals surface area contributed by atoms with Crippen LogP contribution in [0.4, 0.5) is 5.69 Å². The second-order valence-electron chi connectivity index (χ2n) is 8.28. The molecule has 8 heteroatoms. The number of Topliss-reactive ketones (excluding diaryl/α,β-unsaturated/α-hetero) is 1. The van der Waals surface area contributed by atoms with E-state index in [1.54, 1.807) is 18.2 Å². The Balaban J connectivity index is 1.51. The van der Waals surface area contributed by atoms with Crippen LogP contribution in [0.15, 0.2) is 66.2 Å². The number of carbonyl (C=O) groups excluding carboxylic acids is 3. The number of benzene rings is 2. The van der Waals surface area contributed by atoms with Gasteiger partial charge in [-0.1, -0.05) is 53.5 Å². The Hall–Kier alpha value is -2.93. The van der Waals surface area contributed by atoms with Crippen LogP contribution < -0.4 is 4.90 Å². The highest BCUT2D eigenvalue weighted by molar-refractivity contribution is 7.12. The van der Waals surface area contributed by atoms with E-state index in [0.717, 1.165) is 16.0 Å². The Morgan fingerprint density at radius 1 is 0.939 bits per heavy atom. The Morgan fingerprint density at radius 2 is 1.73 bits per heavy atom. The highest BCUT2D eigenvalue weighted by Crippen LogP contribution is 2.54. The molecule has 0 saturated carbocycles. The lowest BCUT2D eigenvalue weighted by molar-refractivity contribution is -0.123. The lowest BCUT2D eigenvalue weighted by atomic mass is 9.84. The first-order valence-corrected chi connectivity index (χ1v) is 12.1. The third-order valence-corrected chi connectivity index (χ3v) is 8.07. The molecule has 2 fully saturated rings. The van der Waals surface area contributed by atoms with Crippen molar-refractivity contribution in [2.45, 2.75) is 12.1 Å². The minimum atomic E-state index is -0.820. The van der Waals surface area contributed by atoms with Crippen LogP contribution in [-0.4, -0.2) is 28.5 Å². The number of amides is 2. The standard InChI is InChI=1S/C25H16Cl2N2O3S/c26-14-7-8-17(16(27)12-14)29-24(31)19-20(25(29)32)22(23(30)18-6-3-11-33-18)28-10-9-13-4-1-2-5-15(13)21(19)28/h1-12,19-22H/t19-,20-,21+,22+/m1/s1. The number of hydrogen-bond donors (Lipinski definition) is 0. The van der Waals surface area contributed by atoms with Crippen LogP contribution in [0.3, 0.4) is 0 Å². The van der Waals surface area contributed by atoms with Crippen LogP contribution >= 0.6 is 34.5 Å². The predicted octanol–water partition coefficient (Wildman–Crippen LogP) is 5.45. The summed E-state index contributed by atoms with van der Waals surface area (Å²) in [7, 11) is 0. The number of nitrogens with zero attached hydrogens (tertiary/aromatic N) is 2. The third-order valence-electron chi connectivity index (χ3n) is 6.64. The molecule has 0 spiro atoms. The smallest absolute Gasteiger partial charge is 0.240 e. The molecule has 6 rings (SSSR count). The van der Waals surface area contributed by atoms with Crippen molar-refractivity contribution in [3.8, 4) is 0 Å². The zero-order valence-electron chi connectivity index (χ0n) is 17.0. The SMILES string of the molecule is O=C(c1cccs1)[C@@H]1[C@@H]2C(=O)N(c3ccc(Cl)cc3Cl)C(=O)[C@H]2[C@@H]2c3ccccc3C=CN12. The van der Waals surface area contributed by atoms with Crippen molar-refractivity contribution in [1.82, 2.24) is 4.90 Å². The minimum Gasteiger partial charge on any atom is -0.358 e. The van der Waals surface area contributed by atoms with Crippen molar-refractivity contribution >= 4 is 63.9 Å². The van der Waals surface area contributed by atoms with E-state index in [4.69, 9.17) is 23.2 Å². The van der Waals surface area contributed by atoms with Crippen LogP contribution in [0.1, 0.15) is 26.8 Å². The summed E-state index contributed by atoms with van der Waals surface area (Å²) in [4.78, 5) is 44.8. The van der Waals surface area contributed by atoms with Gasteiger partial charge in [0.1, 0.15) is 6.04 Å². The van der Waals surface area contributed by atoms with Crippen LogP contribution in [0.25, 0.3) is 6.08 Å². The molecule has 3 aliphatic rings. The average molecular weight is 495 g/mol. The number of hydrogen-bond acceptors (Lipinski definition) is 5. The maximum absolute atomic E-state index is 13.8. The first kappa shape index (κ1) is 20.7. The van der Waals surface area contributed by atoms with Crippen LogP contribution in [0, 0.1) is 11.8 Å². The average Bonchev–Trinajstić information content (AvgIpc) is 3.51. The van der Waals surface area contributed by atoms with E-state index in [2.05, 4.69) is 0 Å². The molecule has 4 heterocycles. The fourth-order valence-electron chi connectivity index (χ4n) is 5.32. The van der Waals surface area contributed by atoms with Crippen molar-refractivity contribution in [2.24, 2.45) is 11.8 Å². The molecular weight excluding hydrogens is 479 g/mol. The number of ketones is 1. The fraction of sp³-hybridized carbons (Fsp3) is 0.160. The second kappa shape index (κ2) is 7.55. The van der Waals surface area contributed by atoms with Gasteiger partial charge < -0.3 is 4.90 Å². The molecule has 4 atom stereocenters. The molecule has 0 bridgehead atoms. The van der Waals surface area contributed by atoms with Gasteiger partial charge in [0, 0.05) is 11.2 Å².